The highest BCUT2D eigenvalue weighted by Gasteiger charge is 2.05. The van der Waals surface area contributed by atoms with Gasteiger partial charge in [0.25, 0.3) is 0 Å². The summed E-state index contributed by atoms with van der Waals surface area (Å²) in [5.41, 5.74) is 1.55. The third-order valence-electron chi connectivity index (χ3n) is 2.23. The number of carbonyl (C=O) groups is 1. The van der Waals surface area contributed by atoms with Gasteiger partial charge in [-0.05, 0) is 23.8 Å². The Hall–Kier alpha value is -2.24. The minimum Gasteiger partial charge on any atom is -0.326 e. The van der Waals surface area contributed by atoms with Gasteiger partial charge >= 0.3 is 0 Å². The quantitative estimate of drug-likeness (QED) is 0.837. The number of nitrogens with zero attached hydrogens (tertiary/aromatic N) is 3. The summed E-state index contributed by atoms with van der Waals surface area (Å²) in [6, 6.07) is 7.35. The average Bonchev–Trinajstić information content (AvgIpc) is 2.83. The molecule has 1 amide bonds. The SMILES string of the molecule is CCCC(=O)Nc1cccc(-c2nn[nH]n2)c1. The molecular weight excluding hydrogens is 218 g/mol. The molecule has 0 unspecified atom stereocenters. The summed E-state index contributed by atoms with van der Waals surface area (Å²) >= 11 is 0. The number of rotatable bonds is 4. The van der Waals surface area contributed by atoms with E-state index in [1.54, 1.807) is 0 Å². The Balaban J connectivity index is 2.15. The maximum Gasteiger partial charge on any atom is 0.224 e. The van der Waals surface area contributed by atoms with Crippen LogP contribution in [0, 0.1) is 0 Å². The largest absolute Gasteiger partial charge is 0.326 e. The second-order valence-corrected chi connectivity index (χ2v) is 3.61. The zero-order chi connectivity index (χ0) is 12.1. The first kappa shape index (κ1) is 11.3. The van der Waals surface area contributed by atoms with Crippen LogP contribution < -0.4 is 5.32 Å². The van der Waals surface area contributed by atoms with E-state index in [1.807, 2.05) is 31.2 Å². The van der Waals surface area contributed by atoms with Crippen molar-refractivity contribution in [2.75, 3.05) is 5.32 Å². The van der Waals surface area contributed by atoms with Gasteiger partial charge in [-0.1, -0.05) is 19.1 Å². The molecule has 0 spiro atoms. The zero-order valence-corrected chi connectivity index (χ0v) is 9.47. The Kier molecular flexibility index (Phi) is 3.44. The van der Waals surface area contributed by atoms with Crippen LogP contribution in [0.15, 0.2) is 24.3 Å². The van der Waals surface area contributed by atoms with E-state index in [4.69, 9.17) is 0 Å². The van der Waals surface area contributed by atoms with Crippen LogP contribution in [0.3, 0.4) is 0 Å². The number of carbonyl (C=O) groups excluding carboxylic acids is 1. The summed E-state index contributed by atoms with van der Waals surface area (Å²) in [6.07, 6.45) is 1.35. The monoisotopic (exact) mass is 231 g/mol. The first-order valence-electron chi connectivity index (χ1n) is 5.43. The molecule has 0 aliphatic rings. The molecule has 0 saturated heterocycles. The molecule has 1 heterocycles. The molecule has 0 radical (unpaired) electrons. The van der Waals surface area contributed by atoms with Gasteiger partial charge in [-0.25, -0.2) is 0 Å². The topological polar surface area (TPSA) is 83.6 Å². The Morgan fingerprint density at radius 2 is 2.35 bits per heavy atom. The Morgan fingerprint density at radius 3 is 3.06 bits per heavy atom. The minimum absolute atomic E-state index is 0.0118. The summed E-state index contributed by atoms with van der Waals surface area (Å²) in [4.78, 5) is 11.4. The Bertz CT molecular complexity index is 494. The zero-order valence-electron chi connectivity index (χ0n) is 9.47. The lowest BCUT2D eigenvalue weighted by molar-refractivity contribution is -0.116. The number of nitrogens with one attached hydrogen (secondary N) is 2. The van der Waals surface area contributed by atoms with Gasteiger partial charge in [-0.3, -0.25) is 4.79 Å². The summed E-state index contributed by atoms with van der Waals surface area (Å²) in [5.74, 6) is 0.523. The van der Waals surface area contributed by atoms with Crippen molar-refractivity contribution in [3.63, 3.8) is 0 Å². The number of benzene rings is 1. The molecule has 6 nitrogen and oxygen atoms in total. The second-order valence-electron chi connectivity index (χ2n) is 3.61. The van der Waals surface area contributed by atoms with Gasteiger partial charge < -0.3 is 5.32 Å². The third-order valence-corrected chi connectivity index (χ3v) is 2.23. The third kappa shape index (κ3) is 2.87. The Morgan fingerprint density at radius 1 is 1.47 bits per heavy atom. The molecule has 0 saturated carbocycles. The predicted molar refractivity (Wildman–Crippen MR) is 63.2 cm³/mol. The first-order chi connectivity index (χ1) is 8.29. The van der Waals surface area contributed by atoms with Crippen molar-refractivity contribution in [3.8, 4) is 11.4 Å². The average molecular weight is 231 g/mol. The van der Waals surface area contributed by atoms with Gasteiger partial charge in [-0.15, -0.1) is 10.2 Å². The molecule has 6 heteroatoms. The highest BCUT2D eigenvalue weighted by atomic mass is 16.1. The van der Waals surface area contributed by atoms with E-state index in [-0.39, 0.29) is 5.91 Å². The fourth-order valence-corrected chi connectivity index (χ4v) is 1.47. The maximum absolute atomic E-state index is 11.4. The van der Waals surface area contributed by atoms with Crippen LogP contribution in [-0.4, -0.2) is 26.5 Å². The van der Waals surface area contributed by atoms with Gasteiger partial charge in [-0.2, -0.15) is 5.21 Å². The lowest BCUT2D eigenvalue weighted by Crippen LogP contribution is -2.10. The van der Waals surface area contributed by atoms with E-state index in [2.05, 4.69) is 25.9 Å². The number of hydrogen-bond acceptors (Lipinski definition) is 4. The highest BCUT2D eigenvalue weighted by molar-refractivity contribution is 5.91. The van der Waals surface area contributed by atoms with Crippen LogP contribution >= 0.6 is 0 Å². The second kappa shape index (κ2) is 5.20. The van der Waals surface area contributed by atoms with Crippen LogP contribution in [0.25, 0.3) is 11.4 Å². The van der Waals surface area contributed by atoms with Crippen molar-refractivity contribution in [3.05, 3.63) is 24.3 Å². The standard InChI is InChI=1S/C11H13N5O/c1-2-4-10(17)12-9-6-3-5-8(7-9)11-13-15-16-14-11/h3,5-7H,2,4H2,1H3,(H,12,17)(H,13,14,15,16). The van der Waals surface area contributed by atoms with Crippen molar-refractivity contribution in [2.24, 2.45) is 0 Å². The van der Waals surface area contributed by atoms with Crippen LogP contribution in [-0.2, 0) is 4.79 Å². The summed E-state index contributed by atoms with van der Waals surface area (Å²) in [5, 5.41) is 16.5. The number of anilines is 1. The predicted octanol–water partition coefficient (Wildman–Crippen LogP) is 1.61. The molecule has 0 bridgehead atoms. The molecule has 88 valence electrons. The van der Waals surface area contributed by atoms with Crippen molar-refractivity contribution in [1.82, 2.24) is 20.6 Å². The van der Waals surface area contributed by atoms with Crippen molar-refractivity contribution in [1.29, 1.82) is 0 Å². The molecule has 2 aromatic rings. The normalized spacial score (nSPS) is 10.2. The fraction of sp³-hybridized carbons (Fsp3) is 0.273. The number of aromatic amines is 1. The molecule has 2 rings (SSSR count). The van der Waals surface area contributed by atoms with Crippen LogP contribution in [0.2, 0.25) is 0 Å². The van der Waals surface area contributed by atoms with E-state index in [0.717, 1.165) is 17.7 Å². The van der Waals surface area contributed by atoms with Gasteiger partial charge in [0.2, 0.25) is 11.7 Å². The summed E-state index contributed by atoms with van der Waals surface area (Å²) in [7, 11) is 0. The van der Waals surface area contributed by atoms with Crippen LogP contribution in [0.4, 0.5) is 5.69 Å². The maximum atomic E-state index is 11.4. The summed E-state index contributed by atoms with van der Waals surface area (Å²) in [6.45, 7) is 1.97. The molecule has 0 fully saturated rings. The van der Waals surface area contributed by atoms with Crippen molar-refractivity contribution < 1.29 is 4.79 Å². The highest BCUT2D eigenvalue weighted by Crippen LogP contribution is 2.18. The van der Waals surface area contributed by atoms with Gasteiger partial charge in [0.05, 0.1) is 0 Å². The molecule has 1 aromatic heterocycles. The van der Waals surface area contributed by atoms with E-state index in [0.29, 0.717) is 12.2 Å². The lowest BCUT2D eigenvalue weighted by Gasteiger charge is -2.04. The lowest BCUT2D eigenvalue weighted by atomic mass is 10.2. The first-order valence-corrected chi connectivity index (χ1v) is 5.43. The molecule has 17 heavy (non-hydrogen) atoms. The number of hydrogen-bond donors (Lipinski definition) is 2. The number of amides is 1. The minimum atomic E-state index is 0.0118. The van der Waals surface area contributed by atoms with Crippen LogP contribution in [0.5, 0.6) is 0 Å². The Labute approximate surface area is 98.4 Å². The van der Waals surface area contributed by atoms with E-state index in [9.17, 15) is 4.79 Å². The molecule has 0 aliphatic heterocycles. The molecule has 0 aliphatic carbocycles. The molecular formula is C11H13N5O. The van der Waals surface area contributed by atoms with Gasteiger partial charge in [0.15, 0.2) is 0 Å². The van der Waals surface area contributed by atoms with Crippen LogP contribution in [0.1, 0.15) is 19.8 Å². The van der Waals surface area contributed by atoms with Gasteiger partial charge in [0.1, 0.15) is 0 Å². The van der Waals surface area contributed by atoms with Crippen molar-refractivity contribution >= 4 is 11.6 Å². The smallest absolute Gasteiger partial charge is 0.224 e. The number of H-pyrrole nitrogens is 1. The number of tetrazole rings is 1. The van der Waals surface area contributed by atoms with Gasteiger partial charge in [0, 0.05) is 17.7 Å². The van der Waals surface area contributed by atoms with Crippen molar-refractivity contribution in [2.45, 2.75) is 19.8 Å². The molecule has 2 N–H and O–H groups in total. The van der Waals surface area contributed by atoms with E-state index in [1.165, 1.54) is 0 Å². The summed E-state index contributed by atoms with van der Waals surface area (Å²) < 4.78 is 0. The molecule has 0 atom stereocenters. The number of aromatic nitrogens is 4. The molecule has 1 aromatic carbocycles. The fourth-order valence-electron chi connectivity index (χ4n) is 1.47. The van der Waals surface area contributed by atoms with E-state index >= 15 is 0 Å². The van der Waals surface area contributed by atoms with E-state index < -0.39 is 0 Å².